The molecule has 0 bridgehead atoms. The van der Waals surface area contributed by atoms with Gasteiger partial charge in [-0.15, -0.1) is 0 Å². The van der Waals surface area contributed by atoms with Crippen molar-refractivity contribution in [1.29, 1.82) is 0 Å². The van der Waals surface area contributed by atoms with E-state index in [1.165, 1.54) is 5.56 Å². The lowest BCUT2D eigenvalue weighted by molar-refractivity contribution is 0.303. The minimum absolute atomic E-state index is 0.779. The van der Waals surface area contributed by atoms with Crippen LogP contribution in [0.4, 0.5) is 0 Å². The van der Waals surface area contributed by atoms with Crippen LogP contribution >= 0.6 is 0 Å². The maximum atomic E-state index is 5.42. The van der Waals surface area contributed by atoms with E-state index in [0.717, 1.165) is 34.2 Å². The number of allylic oxidation sites excluding steroid dienone is 1. The minimum atomic E-state index is 0.779. The van der Waals surface area contributed by atoms with E-state index in [4.69, 9.17) is 4.74 Å². The number of nitrogens with zero attached hydrogens (tertiary/aromatic N) is 1. The van der Waals surface area contributed by atoms with Crippen LogP contribution in [0, 0.1) is 13.8 Å². The van der Waals surface area contributed by atoms with Gasteiger partial charge in [0.1, 0.15) is 11.5 Å². The van der Waals surface area contributed by atoms with Crippen molar-refractivity contribution in [1.82, 2.24) is 9.97 Å². The number of aryl methyl sites for hydroxylation is 2. The second-order valence-electron chi connectivity index (χ2n) is 4.87. The molecular weight excluding hydrogens is 250 g/mol. The molecule has 0 saturated heterocycles. The van der Waals surface area contributed by atoms with Crippen molar-refractivity contribution in [2.24, 2.45) is 4.99 Å². The number of rotatable bonds is 3. The van der Waals surface area contributed by atoms with Crippen LogP contribution in [0.15, 0.2) is 46.9 Å². The first kappa shape index (κ1) is 12.5. The molecule has 3 heterocycles. The average Bonchev–Trinajstić information content (AvgIpc) is 3.11. The zero-order chi connectivity index (χ0) is 14.1. The molecule has 0 unspecified atom stereocenters. The number of nitrogens with one attached hydrogen (secondary N) is 2. The lowest BCUT2D eigenvalue weighted by Gasteiger charge is -2.01. The molecule has 1 aliphatic rings. The fourth-order valence-corrected chi connectivity index (χ4v) is 2.35. The lowest BCUT2D eigenvalue weighted by Crippen LogP contribution is -1.93. The number of hydrogen-bond acceptors (Lipinski definition) is 2. The van der Waals surface area contributed by atoms with Crippen LogP contribution in [0.3, 0.4) is 0 Å². The molecule has 0 atom stereocenters. The third-order valence-corrected chi connectivity index (χ3v) is 3.33. The van der Waals surface area contributed by atoms with E-state index >= 15 is 0 Å². The highest BCUT2D eigenvalue weighted by Gasteiger charge is 2.17. The van der Waals surface area contributed by atoms with Gasteiger partial charge in [-0.25, -0.2) is 4.99 Å². The second-order valence-corrected chi connectivity index (χ2v) is 4.87. The van der Waals surface area contributed by atoms with Crippen molar-refractivity contribution in [2.75, 3.05) is 7.11 Å². The van der Waals surface area contributed by atoms with Crippen molar-refractivity contribution < 1.29 is 4.74 Å². The Morgan fingerprint density at radius 1 is 1.30 bits per heavy atom. The largest absolute Gasteiger partial charge is 0.494 e. The van der Waals surface area contributed by atoms with Crippen LogP contribution in [-0.2, 0) is 4.74 Å². The summed E-state index contributed by atoms with van der Waals surface area (Å²) >= 11 is 0. The molecule has 2 aromatic rings. The Hall–Kier alpha value is -2.49. The first-order chi connectivity index (χ1) is 9.67. The summed E-state index contributed by atoms with van der Waals surface area (Å²) in [7, 11) is 1.67. The summed E-state index contributed by atoms with van der Waals surface area (Å²) in [5.41, 5.74) is 6.12. The molecule has 0 spiro atoms. The minimum Gasteiger partial charge on any atom is -0.494 e. The SMILES string of the molecule is COC1=CC(c2ccc[nH]2)=N/C1=C\c1[nH]c(C)cc1C. The third-order valence-electron chi connectivity index (χ3n) is 3.33. The van der Waals surface area contributed by atoms with Crippen LogP contribution in [0.2, 0.25) is 0 Å². The summed E-state index contributed by atoms with van der Waals surface area (Å²) < 4.78 is 5.42. The van der Waals surface area contributed by atoms with Crippen molar-refractivity contribution in [3.05, 3.63) is 64.6 Å². The molecule has 20 heavy (non-hydrogen) atoms. The number of H-pyrrole nitrogens is 2. The van der Waals surface area contributed by atoms with Crippen LogP contribution in [-0.4, -0.2) is 22.8 Å². The van der Waals surface area contributed by atoms with Gasteiger partial charge in [0.2, 0.25) is 0 Å². The molecule has 1 aliphatic heterocycles. The van der Waals surface area contributed by atoms with E-state index < -0.39 is 0 Å². The molecule has 0 radical (unpaired) electrons. The van der Waals surface area contributed by atoms with Gasteiger partial charge in [0.25, 0.3) is 0 Å². The molecule has 0 aliphatic carbocycles. The van der Waals surface area contributed by atoms with Gasteiger partial charge in [-0.2, -0.15) is 0 Å². The first-order valence-corrected chi connectivity index (χ1v) is 6.54. The van der Waals surface area contributed by atoms with Crippen molar-refractivity contribution >= 4 is 11.8 Å². The standard InChI is InChI=1S/C16H17N3O/c1-10-7-11(2)18-13(10)8-15-16(20-3)9-14(19-15)12-5-4-6-17-12/h4-9,17-18H,1-3H3/b15-8-. The van der Waals surface area contributed by atoms with Gasteiger partial charge in [0, 0.05) is 23.7 Å². The van der Waals surface area contributed by atoms with E-state index in [1.54, 1.807) is 7.11 Å². The van der Waals surface area contributed by atoms with Crippen molar-refractivity contribution in [2.45, 2.75) is 13.8 Å². The van der Waals surface area contributed by atoms with Crippen LogP contribution < -0.4 is 0 Å². The highest BCUT2D eigenvalue weighted by Crippen LogP contribution is 2.25. The highest BCUT2D eigenvalue weighted by atomic mass is 16.5. The van der Waals surface area contributed by atoms with Gasteiger partial charge in [-0.05, 0) is 43.7 Å². The smallest absolute Gasteiger partial charge is 0.146 e. The zero-order valence-electron chi connectivity index (χ0n) is 11.8. The number of aliphatic imine (C=N–C) groups is 1. The molecular formula is C16H17N3O. The Morgan fingerprint density at radius 2 is 2.15 bits per heavy atom. The van der Waals surface area contributed by atoms with Crippen molar-refractivity contribution in [3.8, 4) is 0 Å². The van der Waals surface area contributed by atoms with Gasteiger partial charge < -0.3 is 14.7 Å². The topological polar surface area (TPSA) is 53.2 Å². The predicted molar refractivity (Wildman–Crippen MR) is 80.7 cm³/mol. The molecule has 102 valence electrons. The molecule has 0 saturated carbocycles. The number of aromatic nitrogens is 2. The van der Waals surface area contributed by atoms with Crippen molar-refractivity contribution in [3.63, 3.8) is 0 Å². The van der Waals surface area contributed by atoms with E-state index in [0.29, 0.717) is 0 Å². The predicted octanol–water partition coefficient (Wildman–Crippen LogP) is 3.33. The zero-order valence-corrected chi connectivity index (χ0v) is 11.8. The van der Waals surface area contributed by atoms with Crippen LogP contribution in [0.5, 0.6) is 0 Å². The number of ether oxygens (including phenoxy) is 1. The molecule has 3 rings (SSSR count). The maximum absolute atomic E-state index is 5.42. The maximum Gasteiger partial charge on any atom is 0.146 e. The first-order valence-electron chi connectivity index (χ1n) is 6.54. The Balaban J connectivity index is 2.01. The number of aromatic amines is 2. The quantitative estimate of drug-likeness (QED) is 0.880. The number of methoxy groups -OCH3 is 1. The fourth-order valence-electron chi connectivity index (χ4n) is 2.35. The van der Waals surface area contributed by atoms with Gasteiger partial charge in [0.05, 0.1) is 18.5 Å². The highest BCUT2D eigenvalue weighted by molar-refractivity contribution is 6.11. The Morgan fingerprint density at radius 3 is 2.75 bits per heavy atom. The Labute approximate surface area is 117 Å². The van der Waals surface area contributed by atoms with E-state index in [9.17, 15) is 0 Å². The van der Waals surface area contributed by atoms with Gasteiger partial charge in [-0.1, -0.05) is 0 Å². The summed E-state index contributed by atoms with van der Waals surface area (Å²) in [4.78, 5) is 11.1. The van der Waals surface area contributed by atoms with Crippen LogP contribution in [0.25, 0.3) is 6.08 Å². The molecule has 2 N–H and O–H groups in total. The van der Waals surface area contributed by atoms with E-state index in [1.807, 2.05) is 37.4 Å². The van der Waals surface area contributed by atoms with Crippen LogP contribution in [0.1, 0.15) is 22.6 Å². The normalized spacial score (nSPS) is 16.4. The monoisotopic (exact) mass is 267 g/mol. The fraction of sp³-hybridized carbons (Fsp3) is 0.188. The average molecular weight is 267 g/mol. The molecule has 4 heteroatoms. The summed E-state index contributed by atoms with van der Waals surface area (Å²) in [6, 6.07) is 6.07. The Bertz CT molecular complexity index is 715. The number of hydrogen-bond donors (Lipinski definition) is 2. The summed E-state index contributed by atoms with van der Waals surface area (Å²) in [5.74, 6) is 0.779. The van der Waals surface area contributed by atoms with Gasteiger partial charge in [0.15, 0.2) is 0 Å². The van der Waals surface area contributed by atoms with E-state index in [-0.39, 0.29) is 0 Å². The van der Waals surface area contributed by atoms with E-state index in [2.05, 4.69) is 28.0 Å². The molecule has 0 aromatic carbocycles. The summed E-state index contributed by atoms with van der Waals surface area (Å²) in [6.07, 6.45) is 5.86. The summed E-state index contributed by atoms with van der Waals surface area (Å²) in [5, 5.41) is 0. The Kier molecular flexibility index (Phi) is 3.06. The van der Waals surface area contributed by atoms with Gasteiger partial charge in [-0.3, -0.25) is 0 Å². The van der Waals surface area contributed by atoms with Gasteiger partial charge >= 0.3 is 0 Å². The molecule has 4 nitrogen and oxygen atoms in total. The second kappa shape index (κ2) is 4.89. The molecule has 0 amide bonds. The third kappa shape index (κ3) is 2.20. The molecule has 2 aromatic heterocycles. The molecule has 0 fully saturated rings. The summed E-state index contributed by atoms with van der Waals surface area (Å²) in [6.45, 7) is 4.13. The lowest BCUT2D eigenvalue weighted by atomic mass is 10.2.